The number of aryl methyl sites for hydroxylation is 2. The van der Waals surface area contributed by atoms with Gasteiger partial charge in [0.05, 0.1) is 0 Å². The highest BCUT2D eigenvalue weighted by Crippen LogP contribution is 2.51. The molecule has 1 unspecified atom stereocenters. The van der Waals surface area contributed by atoms with Crippen molar-refractivity contribution in [3.05, 3.63) is 111 Å². The molecule has 0 aromatic heterocycles. The van der Waals surface area contributed by atoms with Crippen LogP contribution in [0.1, 0.15) is 110 Å². The molecule has 0 nitrogen and oxygen atoms in total. The van der Waals surface area contributed by atoms with E-state index in [0.717, 1.165) is 24.7 Å². The molecule has 6 rings (SSSR count). The fourth-order valence-corrected chi connectivity index (χ4v) is 7.58. The maximum Gasteiger partial charge on any atom is 0.000174 e. The highest BCUT2D eigenvalue weighted by molar-refractivity contribution is 5.94. The van der Waals surface area contributed by atoms with Gasteiger partial charge in [-0.25, -0.2) is 0 Å². The second-order valence-corrected chi connectivity index (χ2v) is 13.2. The lowest BCUT2D eigenvalue weighted by atomic mass is 9.68. The standard InChI is InChI=1S/C40H46/c1-7-8-9-10-29-20-34(21-29)37-19-28(6)35-16-15-31(23-39(35)37)32-22-33-18-27(5)36(17-25(2)3)40(38(33)24-32)30-13-11-26(4)12-14-30/h11-16,18-19,22-23,28-29,34H,2,7-10,17,20-21,24H2,1,3-6H3. The molecular weight excluding hydrogens is 480 g/mol. The van der Waals surface area contributed by atoms with Crippen LogP contribution < -0.4 is 0 Å². The summed E-state index contributed by atoms with van der Waals surface area (Å²) < 4.78 is 0. The Bertz CT molecular complexity index is 1500. The summed E-state index contributed by atoms with van der Waals surface area (Å²) in [5, 5.41) is 0. The fraction of sp³-hybridized carbons (Fsp3) is 0.400. The van der Waals surface area contributed by atoms with Crippen LogP contribution in [0.5, 0.6) is 0 Å². The van der Waals surface area contributed by atoms with Gasteiger partial charge in [0.25, 0.3) is 0 Å². The zero-order valence-corrected chi connectivity index (χ0v) is 25.4. The van der Waals surface area contributed by atoms with Crippen LogP contribution in [0.4, 0.5) is 0 Å². The van der Waals surface area contributed by atoms with Crippen LogP contribution in [0.25, 0.3) is 28.3 Å². The minimum absolute atomic E-state index is 0.536. The lowest BCUT2D eigenvalue weighted by molar-refractivity contribution is 0.227. The summed E-state index contributed by atoms with van der Waals surface area (Å²) in [7, 11) is 0. The highest BCUT2D eigenvalue weighted by atomic mass is 14.4. The van der Waals surface area contributed by atoms with Crippen molar-refractivity contribution in [2.45, 2.75) is 91.9 Å². The van der Waals surface area contributed by atoms with Gasteiger partial charge in [0.15, 0.2) is 0 Å². The van der Waals surface area contributed by atoms with Crippen LogP contribution in [-0.4, -0.2) is 0 Å². The number of hydrogen-bond acceptors (Lipinski definition) is 0. The average molecular weight is 527 g/mol. The summed E-state index contributed by atoms with van der Waals surface area (Å²) in [5.41, 5.74) is 18.6. The largest absolute Gasteiger partial charge is 0.0998 e. The van der Waals surface area contributed by atoms with Crippen molar-refractivity contribution in [1.29, 1.82) is 0 Å². The Kier molecular flexibility index (Phi) is 7.47. The molecule has 0 spiro atoms. The summed E-state index contributed by atoms with van der Waals surface area (Å²) in [6.45, 7) is 15.6. The summed E-state index contributed by atoms with van der Waals surface area (Å²) in [4.78, 5) is 0. The minimum Gasteiger partial charge on any atom is -0.0998 e. The van der Waals surface area contributed by atoms with Crippen LogP contribution in [0, 0.1) is 25.7 Å². The first kappa shape index (κ1) is 27.1. The zero-order valence-electron chi connectivity index (χ0n) is 25.4. The lowest BCUT2D eigenvalue weighted by Gasteiger charge is -2.37. The summed E-state index contributed by atoms with van der Waals surface area (Å²) in [6, 6.07) is 18.9. The molecule has 3 aromatic carbocycles. The van der Waals surface area contributed by atoms with Crippen molar-refractivity contribution in [3.63, 3.8) is 0 Å². The molecule has 0 amide bonds. The summed E-state index contributed by atoms with van der Waals surface area (Å²) in [6.07, 6.45) is 15.3. The Labute approximate surface area is 242 Å². The van der Waals surface area contributed by atoms with E-state index >= 15 is 0 Å². The Hall–Kier alpha value is -3.12. The average Bonchev–Trinajstić information content (AvgIpc) is 3.47. The number of rotatable bonds is 9. The van der Waals surface area contributed by atoms with E-state index in [-0.39, 0.29) is 0 Å². The second-order valence-electron chi connectivity index (χ2n) is 13.2. The first-order chi connectivity index (χ1) is 19.3. The van der Waals surface area contributed by atoms with Gasteiger partial charge < -0.3 is 0 Å². The number of fused-ring (bicyclic) bond motifs is 2. The Morgan fingerprint density at radius 3 is 2.42 bits per heavy atom. The van der Waals surface area contributed by atoms with Crippen molar-refractivity contribution >= 4 is 17.2 Å². The maximum atomic E-state index is 4.27. The van der Waals surface area contributed by atoms with Crippen molar-refractivity contribution in [2.24, 2.45) is 11.8 Å². The van der Waals surface area contributed by atoms with Crippen LogP contribution in [0.2, 0.25) is 0 Å². The Morgan fingerprint density at radius 2 is 1.70 bits per heavy atom. The lowest BCUT2D eigenvalue weighted by Crippen LogP contribution is -2.24. The van der Waals surface area contributed by atoms with E-state index in [1.54, 1.807) is 5.57 Å². The smallest absolute Gasteiger partial charge is 0.000174 e. The topological polar surface area (TPSA) is 0 Å². The van der Waals surface area contributed by atoms with Crippen LogP contribution >= 0.6 is 0 Å². The van der Waals surface area contributed by atoms with E-state index in [0.29, 0.717) is 5.92 Å². The third kappa shape index (κ3) is 5.07. The monoisotopic (exact) mass is 526 g/mol. The van der Waals surface area contributed by atoms with Gasteiger partial charge in [-0.05, 0) is 126 Å². The quantitative estimate of drug-likeness (QED) is 0.192. The van der Waals surface area contributed by atoms with Gasteiger partial charge in [-0.2, -0.15) is 0 Å². The third-order valence-electron chi connectivity index (χ3n) is 9.86. The predicted octanol–water partition coefficient (Wildman–Crippen LogP) is 11.3. The number of allylic oxidation sites excluding steroid dienone is 4. The molecule has 0 N–H and O–H groups in total. The van der Waals surface area contributed by atoms with Gasteiger partial charge in [0.2, 0.25) is 0 Å². The molecule has 0 heterocycles. The minimum atomic E-state index is 0.536. The van der Waals surface area contributed by atoms with Gasteiger partial charge in [0, 0.05) is 5.92 Å². The van der Waals surface area contributed by atoms with Crippen molar-refractivity contribution in [3.8, 4) is 11.1 Å². The molecule has 1 saturated carbocycles. The molecular formula is C40H46. The molecule has 206 valence electrons. The molecule has 1 atom stereocenters. The van der Waals surface area contributed by atoms with E-state index in [2.05, 4.69) is 102 Å². The molecule has 0 bridgehead atoms. The van der Waals surface area contributed by atoms with Crippen molar-refractivity contribution in [1.82, 2.24) is 0 Å². The molecule has 0 radical (unpaired) electrons. The van der Waals surface area contributed by atoms with Crippen molar-refractivity contribution in [2.75, 3.05) is 0 Å². The maximum absolute atomic E-state index is 4.27. The molecule has 0 heteroatoms. The number of hydrogen-bond donors (Lipinski definition) is 0. The zero-order chi connectivity index (χ0) is 28.0. The molecule has 3 aliphatic rings. The van der Waals surface area contributed by atoms with E-state index in [1.807, 2.05) is 0 Å². The molecule has 3 aliphatic carbocycles. The molecule has 0 saturated heterocycles. The molecule has 0 aliphatic heterocycles. The molecule has 3 aromatic rings. The Morgan fingerprint density at radius 1 is 0.950 bits per heavy atom. The van der Waals surface area contributed by atoms with Gasteiger partial charge in [-0.1, -0.05) is 112 Å². The first-order valence-electron chi connectivity index (χ1n) is 15.8. The molecule has 1 fully saturated rings. The van der Waals surface area contributed by atoms with Gasteiger partial charge in [0.1, 0.15) is 0 Å². The van der Waals surface area contributed by atoms with E-state index in [9.17, 15) is 0 Å². The number of unbranched alkanes of at least 4 members (excludes halogenated alkanes) is 2. The predicted molar refractivity (Wildman–Crippen MR) is 175 cm³/mol. The Balaban J connectivity index is 1.30. The van der Waals surface area contributed by atoms with Crippen LogP contribution in [0.15, 0.2) is 66.8 Å². The summed E-state index contributed by atoms with van der Waals surface area (Å²) >= 11 is 0. The van der Waals surface area contributed by atoms with E-state index in [4.69, 9.17) is 0 Å². The van der Waals surface area contributed by atoms with Gasteiger partial charge in [-0.3, -0.25) is 0 Å². The number of benzene rings is 3. The van der Waals surface area contributed by atoms with Gasteiger partial charge >= 0.3 is 0 Å². The third-order valence-corrected chi connectivity index (χ3v) is 9.86. The van der Waals surface area contributed by atoms with Gasteiger partial charge in [-0.15, -0.1) is 0 Å². The molecule has 40 heavy (non-hydrogen) atoms. The SMILES string of the molecule is C=C(C)Cc1c(C)cc2c(c1-c1ccc(C)cc1)CC(c1ccc3c(c1)C(C1CC(CCCCC)C1)=CC3C)=C2. The second kappa shape index (κ2) is 11.0. The fourth-order valence-electron chi connectivity index (χ4n) is 7.58. The highest BCUT2D eigenvalue weighted by Gasteiger charge is 2.35. The van der Waals surface area contributed by atoms with E-state index in [1.165, 1.54) is 105 Å². The van der Waals surface area contributed by atoms with E-state index < -0.39 is 0 Å². The first-order valence-corrected chi connectivity index (χ1v) is 15.8. The summed E-state index contributed by atoms with van der Waals surface area (Å²) in [5.74, 6) is 2.25. The van der Waals surface area contributed by atoms with Crippen LogP contribution in [-0.2, 0) is 12.8 Å². The van der Waals surface area contributed by atoms with Crippen LogP contribution in [0.3, 0.4) is 0 Å². The normalized spacial score (nSPS) is 21.0. The van der Waals surface area contributed by atoms with Crippen molar-refractivity contribution < 1.29 is 0 Å².